The van der Waals surface area contributed by atoms with E-state index < -0.39 is 52.7 Å². The fourth-order valence-electron chi connectivity index (χ4n) is 17.1. The molecule has 9 aliphatic rings. The van der Waals surface area contributed by atoms with Crippen molar-refractivity contribution >= 4 is 111 Å². The molecule has 3 aliphatic carbocycles. The fourth-order valence-corrected chi connectivity index (χ4v) is 20.5. The molecule has 6 heterocycles. The number of amidine groups is 3. The SMILES string of the molecule is C=CS(=O)(=O)N1CCC2(CC1)N=C(C1CCC(C)CC1)NC2=O.Cc1cc(CC(C)C)cc(C)c1/C=C/S(=O)(=O)N1CCC2(CC1)N=C(C1CCC(C)CC1)NC2=O.Cc1cc(N(C(N)=O)C(C)C)cc(C)c1/C=C/S(=O)(=O)N1CCC2(CC1)N=C(C1CCC(C)CC1)NC2=O.Cc1cc(NC(C)C)cc(C)c1Br.N#C[O-].[Na+]. The van der Waals surface area contributed by atoms with Crippen molar-refractivity contribution in [1.29, 1.82) is 5.26 Å². The van der Waals surface area contributed by atoms with Crippen LogP contribution in [0.25, 0.3) is 12.2 Å². The summed E-state index contributed by atoms with van der Waals surface area (Å²) in [6.45, 7) is 36.4. The van der Waals surface area contributed by atoms with Gasteiger partial charge in [-0.1, -0.05) is 108 Å². The molecule has 616 valence electrons. The number of hydrogen-bond donors (Lipinski definition) is 5. The van der Waals surface area contributed by atoms with E-state index in [2.05, 4.69) is 130 Å². The number of aliphatic imine (C=N–C) groups is 3. The zero-order valence-corrected chi connectivity index (χ0v) is 75.7. The number of aryl methyl sites for hydroxylation is 6. The Balaban J connectivity index is 0.000000217. The van der Waals surface area contributed by atoms with E-state index in [0.717, 1.165) is 132 Å². The monoisotopic (exact) mass is 1690 g/mol. The number of nitrogens with two attached hydrogens (primary N) is 1. The average Bonchev–Trinajstić information content (AvgIpc) is 1.62. The first-order chi connectivity index (χ1) is 52.6. The average molecular weight is 1690 g/mol. The summed E-state index contributed by atoms with van der Waals surface area (Å²) in [5, 5.41) is 31.0. The van der Waals surface area contributed by atoms with Crippen LogP contribution in [0.4, 0.5) is 16.2 Å². The second-order valence-electron chi connectivity index (χ2n) is 33.8. The molecule has 3 spiro atoms. The number of carbonyl (C=O) groups is 4. The second kappa shape index (κ2) is 40.3. The maximum Gasteiger partial charge on any atom is 1.00 e. The van der Waals surface area contributed by atoms with Gasteiger partial charge >= 0.3 is 35.6 Å². The first-order valence-corrected chi connectivity index (χ1v) is 45.5. The van der Waals surface area contributed by atoms with E-state index in [9.17, 15) is 44.4 Å². The molecule has 0 bridgehead atoms. The van der Waals surface area contributed by atoms with Gasteiger partial charge in [-0.15, -0.1) is 0 Å². The standard InChI is InChI=1S/C28H41N5O4S.C28H41N3O3S.C16H25N3O3S.C11H16BrN.CHNO.Na/c1-18(2)33(27(29)35)23-16-20(4)24(21(5)17-23)10-15-38(36,37)32-13-11-28(12-14-32)26(34)30-25(31-28)22-8-6-19(3)7-9-22;1-19(2)16-23-17-21(4)25(22(5)18-23)10-15-35(33,34)31-13-11-28(12-14-31)27(32)29-26(30-28)24-8-6-20(3)7-9-24;1-3-23(21,22)19-10-8-16(9-11-19)15(20)17-14(18-16)13-6-4-12(2)5-7-13;1-7(2)13-10-5-8(3)11(12)9(4)6-10;2-1-3;/h10,15-19,22H,6-9,11-14H2,1-5H3,(H2,29,35)(H,30,31,34);10,15,17-20,24H,6-9,11-14,16H2,1-5H3,(H,29,30,32);3,12-13H,1,4-11H2,2H3,(H,17,18,20);5-7,13H,1-4H3;3H;/q;;;;;+1/p-1/b2*15-10+;;;;. The van der Waals surface area contributed by atoms with Crippen LogP contribution in [-0.4, -0.2) is 147 Å². The topological polar surface area (TPSA) is 342 Å². The van der Waals surface area contributed by atoms with Gasteiger partial charge in [0.15, 0.2) is 0 Å². The molecule has 3 saturated heterocycles. The van der Waals surface area contributed by atoms with E-state index in [0.29, 0.717) is 106 Å². The number of urea groups is 1. The minimum Gasteiger partial charge on any atom is -0.812 e. The third-order valence-corrected chi connectivity index (χ3v) is 29.6. The van der Waals surface area contributed by atoms with Crippen molar-refractivity contribution in [2.75, 3.05) is 49.5 Å². The van der Waals surface area contributed by atoms with Crippen LogP contribution in [0, 0.1) is 94.5 Å². The van der Waals surface area contributed by atoms with Crippen LogP contribution in [0.15, 0.2) is 78.7 Å². The van der Waals surface area contributed by atoms with Crippen molar-refractivity contribution in [1.82, 2.24) is 28.9 Å². The zero-order valence-electron chi connectivity index (χ0n) is 69.7. The van der Waals surface area contributed by atoms with E-state index in [1.807, 2.05) is 53.7 Å². The quantitative estimate of drug-likeness (QED) is 0.0621. The zero-order chi connectivity index (χ0) is 82.6. The molecule has 6 aliphatic heterocycles. The van der Waals surface area contributed by atoms with E-state index in [1.165, 1.54) is 81.2 Å². The number of halogens is 1. The van der Waals surface area contributed by atoms with Crippen LogP contribution in [-0.2, 0) is 50.9 Å². The summed E-state index contributed by atoms with van der Waals surface area (Å²) in [6, 6.07) is 12.2. The maximum absolute atomic E-state index is 13.2. The van der Waals surface area contributed by atoms with Crippen LogP contribution < -0.4 is 66.6 Å². The van der Waals surface area contributed by atoms with Gasteiger partial charge in [0, 0.05) is 107 Å². The van der Waals surface area contributed by atoms with Crippen molar-refractivity contribution < 1.29 is 79.1 Å². The smallest absolute Gasteiger partial charge is 0.812 e. The summed E-state index contributed by atoms with van der Waals surface area (Å²) in [4.78, 5) is 66.3. The van der Waals surface area contributed by atoms with Crippen molar-refractivity contribution in [2.24, 2.45) is 62.1 Å². The van der Waals surface area contributed by atoms with Crippen molar-refractivity contribution in [2.45, 2.75) is 255 Å². The normalized spacial score (nSPS) is 23.7. The van der Waals surface area contributed by atoms with Gasteiger partial charge in [-0.25, -0.2) is 35.3 Å². The molecule has 0 radical (unpaired) electrons. The molecule has 29 heteroatoms. The number of anilines is 2. The molecular weight excluding hydrogens is 1570 g/mol. The van der Waals surface area contributed by atoms with Gasteiger partial charge in [0.05, 0.1) is 0 Å². The molecule has 3 saturated carbocycles. The summed E-state index contributed by atoms with van der Waals surface area (Å²) >= 11 is 3.55. The number of nitrogens with zero attached hydrogens (tertiary/aromatic N) is 8. The minimum atomic E-state index is -3.68. The fraction of sp³-hybridized carbons (Fsp3) is 0.619. The van der Waals surface area contributed by atoms with Crippen molar-refractivity contribution in [3.05, 3.63) is 114 Å². The molecule has 6 fully saturated rings. The van der Waals surface area contributed by atoms with Gasteiger partial charge < -0.3 is 32.1 Å². The third-order valence-electron chi connectivity index (χ3n) is 23.8. The molecule has 0 unspecified atom stereocenters. The van der Waals surface area contributed by atoms with Gasteiger partial charge in [0.2, 0.25) is 30.1 Å². The Bertz CT molecular complexity index is 4400. The summed E-state index contributed by atoms with van der Waals surface area (Å²) in [6.07, 6.45) is 20.7. The third kappa shape index (κ3) is 24.1. The number of nitrogens with one attached hydrogen (secondary N) is 4. The Kier molecular flexibility index (Phi) is 33.6. The number of carbonyl (C=O) groups excluding carboxylic acids is 4. The molecular formula is C84H123BrN13NaO11S3. The van der Waals surface area contributed by atoms with Crippen LogP contribution in [0.1, 0.15) is 228 Å². The first-order valence-electron chi connectivity index (χ1n) is 40.2. The molecule has 0 aromatic heterocycles. The number of nitriles is 1. The van der Waals surface area contributed by atoms with E-state index in [-0.39, 0.29) is 66.4 Å². The predicted molar refractivity (Wildman–Crippen MR) is 451 cm³/mol. The molecule has 5 amide bonds. The molecule has 6 N–H and O–H groups in total. The number of benzene rings is 3. The van der Waals surface area contributed by atoms with E-state index in [4.69, 9.17) is 31.1 Å². The summed E-state index contributed by atoms with van der Waals surface area (Å²) in [7, 11) is -10.7. The Hall–Kier alpha value is -6.13. The molecule has 12 rings (SSSR count). The van der Waals surface area contributed by atoms with E-state index in [1.54, 1.807) is 12.2 Å². The Labute approximate surface area is 704 Å². The predicted octanol–water partition coefficient (Wildman–Crippen LogP) is 10.4. The largest absolute Gasteiger partial charge is 1.00 e. The van der Waals surface area contributed by atoms with Crippen LogP contribution in [0.5, 0.6) is 0 Å². The summed E-state index contributed by atoms with van der Waals surface area (Å²) < 4.78 is 81.9. The summed E-state index contributed by atoms with van der Waals surface area (Å²) in [5.41, 5.74) is 14.5. The maximum atomic E-state index is 13.2. The van der Waals surface area contributed by atoms with Crippen LogP contribution >= 0.6 is 15.9 Å². The Morgan fingerprint density at radius 1 is 0.575 bits per heavy atom. The molecule has 3 aromatic rings. The number of piperidine rings is 3. The van der Waals surface area contributed by atoms with Crippen LogP contribution in [0.3, 0.4) is 0 Å². The molecule has 113 heavy (non-hydrogen) atoms. The van der Waals surface area contributed by atoms with Gasteiger partial charge in [-0.3, -0.25) is 34.3 Å². The molecule has 0 atom stereocenters. The van der Waals surface area contributed by atoms with Gasteiger partial charge in [-0.05, 0) is 263 Å². The number of rotatable bonds is 17. The first kappa shape index (κ1) is 94.0. The molecule has 3 aromatic carbocycles. The van der Waals surface area contributed by atoms with Crippen molar-refractivity contribution in [3.8, 4) is 6.26 Å². The minimum absolute atomic E-state index is 0. The van der Waals surface area contributed by atoms with Crippen LogP contribution in [0.2, 0.25) is 0 Å². The number of hydrogen-bond acceptors (Lipinski definition) is 16. The van der Waals surface area contributed by atoms with Crippen molar-refractivity contribution in [3.63, 3.8) is 0 Å². The Morgan fingerprint density at radius 2 is 0.876 bits per heavy atom. The van der Waals surface area contributed by atoms with E-state index >= 15 is 0 Å². The second-order valence-corrected chi connectivity index (χ2v) is 40.1. The number of sulfonamides is 3. The molecule has 24 nitrogen and oxygen atoms in total. The van der Waals surface area contributed by atoms with Gasteiger partial charge in [0.25, 0.3) is 17.7 Å². The summed E-state index contributed by atoms with van der Waals surface area (Å²) in [5.74, 6) is 6.06. The Morgan fingerprint density at radius 3 is 1.15 bits per heavy atom. The number of amides is 5. The van der Waals surface area contributed by atoms with Gasteiger partial charge in [0.1, 0.15) is 34.1 Å². The van der Waals surface area contributed by atoms with Gasteiger partial charge in [-0.2, -0.15) is 12.9 Å². The number of primary amides is 1.